The largest absolute Gasteiger partial charge is 0.385 e. The summed E-state index contributed by atoms with van der Waals surface area (Å²) in [4.78, 5) is 18.5. The zero-order valence-electron chi connectivity index (χ0n) is 19.7. The van der Waals surface area contributed by atoms with Crippen LogP contribution in [0, 0.1) is 11.8 Å². The second kappa shape index (κ2) is 10.4. The van der Waals surface area contributed by atoms with E-state index in [-0.39, 0.29) is 5.91 Å². The summed E-state index contributed by atoms with van der Waals surface area (Å²) in [7, 11) is 0. The van der Waals surface area contributed by atoms with Gasteiger partial charge >= 0.3 is 0 Å². The minimum atomic E-state index is -0.657. The lowest BCUT2D eigenvalue weighted by Crippen LogP contribution is -2.34. The maximum absolute atomic E-state index is 12.5. The van der Waals surface area contributed by atoms with Crippen LogP contribution >= 0.6 is 0 Å². The van der Waals surface area contributed by atoms with Gasteiger partial charge in [0.25, 0.3) is 5.91 Å². The average Bonchev–Trinajstić information content (AvgIpc) is 3.58. The summed E-state index contributed by atoms with van der Waals surface area (Å²) in [6, 6.07) is 11.3. The third-order valence-corrected chi connectivity index (χ3v) is 5.88. The van der Waals surface area contributed by atoms with E-state index in [1.807, 2.05) is 41.0 Å². The zero-order valence-corrected chi connectivity index (χ0v) is 19.7. The Kier molecular flexibility index (Phi) is 6.69. The number of hydrogen-bond donors (Lipinski definition) is 1. The van der Waals surface area contributed by atoms with Crippen molar-refractivity contribution in [2.75, 3.05) is 13.1 Å². The summed E-state index contributed by atoms with van der Waals surface area (Å²) in [5.74, 6) is 7.62. The monoisotopic (exact) mass is 480 g/mol. The van der Waals surface area contributed by atoms with Crippen LogP contribution in [0.25, 0.3) is 11.3 Å². The summed E-state index contributed by atoms with van der Waals surface area (Å²) >= 11 is 0. The molecule has 0 fully saturated rings. The first-order valence-corrected chi connectivity index (χ1v) is 11.6. The maximum atomic E-state index is 12.5. The van der Waals surface area contributed by atoms with Crippen molar-refractivity contribution in [3.8, 4) is 23.2 Å². The average molecular weight is 481 g/mol. The van der Waals surface area contributed by atoms with Crippen LogP contribution in [0.5, 0.6) is 0 Å². The fraction of sp³-hybridized carbons (Fsp3) is 0.222. The summed E-state index contributed by atoms with van der Waals surface area (Å²) in [6.07, 6.45) is 8.52. The molecule has 4 aromatic rings. The molecule has 0 radical (unpaired) electrons. The van der Waals surface area contributed by atoms with Gasteiger partial charge in [0, 0.05) is 48.2 Å². The van der Waals surface area contributed by atoms with Gasteiger partial charge in [-0.05, 0) is 43.7 Å². The van der Waals surface area contributed by atoms with Crippen molar-refractivity contribution in [2.45, 2.75) is 26.0 Å². The van der Waals surface area contributed by atoms with Gasteiger partial charge in [0.1, 0.15) is 17.6 Å². The second-order valence-corrected chi connectivity index (χ2v) is 8.46. The highest BCUT2D eigenvalue weighted by atomic mass is 16.5. The smallest absolute Gasteiger partial charge is 0.255 e. The van der Waals surface area contributed by atoms with E-state index in [9.17, 15) is 9.90 Å². The summed E-state index contributed by atoms with van der Waals surface area (Å²) in [5, 5.41) is 21.5. The third kappa shape index (κ3) is 5.24. The van der Waals surface area contributed by atoms with Crippen LogP contribution < -0.4 is 0 Å². The SMILES string of the molecule is C[C@H](O)c1nccn1Cc1cc(-c2ccc(C#CC3=CCN(C(=O)c4ccnnc4)CC3)cc2)on1. The molecule has 3 aromatic heterocycles. The molecule has 0 saturated heterocycles. The first-order chi connectivity index (χ1) is 17.6. The first-order valence-electron chi connectivity index (χ1n) is 11.6. The van der Waals surface area contributed by atoms with Crippen LogP contribution in [-0.2, 0) is 6.54 Å². The van der Waals surface area contributed by atoms with Crippen molar-refractivity contribution in [1.82, 2.24) is 29.8 Å². The molecule has 36 heavy (non-hydrogen) atoms. The molecule has 4 heterocycles. The van der Waals surface area contributed by atoms with Gasteiger partial charge in [0.05, 0.1) is 24.5 Å². The fourth-order valence-corrected chi connectivity index (χ4v) is 3.96. The number of hydrogen-bond acceptors (Lipinski definition) is 7. The third-order valence-electron chi connectivity index (χ3n) is 5.88. The van der Waals surface area contributed by atoms with E-state index in [2.05, 4.69) is 32.2 Å². The van der Waals surface area contributed by atoms with Gasteiger partial charge in [-0.2, -0.15) is 10.2 Å². The lowest BCUT2D eigenvalue weighted by molar-refractivity contribution is 0.0769. The van der Waals surface area contributed by atoms with Crippen LogP contribution in [0.15, 0.2) is 77.4 Å². The van der Waals surface area contributed by atoms with Crippen LogP contribution in [-0.4, -0.2) is 53.9 Å². The van der Waals surface area contributed by atoms with E-state index in [0.29, 0.717) is 43.2 Å². The molecular weight excluding hydrogens is 456 g/mol. The van der Waals surface area contributed by atoms with Crippen molar-refractivity contribution in [1.29, 1.82) is 0 Å². The number of imidazole rings is 1. The van der Waals surface area contributed by atoms with Crippen LogP contribution in [0.2, 0.25) is 0 Å². The van der Waals surface area contributed by atoms with Gasteiger partial charge < -0.3 is 19.1 Å². The first kappa shape index (κ1) is 23.2. The molecule has 1 atom stereocenters. The van der Waals surface area contributed by atoms with E-state index >= 15 is 0 Å². The van der Waals surface area contributed by atoms with Gasteiger partial charge in [0.2, 0.25) is 0 Å². The van der Waals surface area contributed by atoms with E-state index in [1.54, 1.807) is 30.3 Å². The predicted molar refractivity (Wildman–Crippen MR) is 131 cm³/mol. The van der Waals surface area contributed by atoms with Crippen molar-refractivity contribution in [2.24, 2.45) is 0 Å². The Morgan fingerprint density at radius 2 is 2.03 bits per heavy atom. The van der Waals surface area contributed by atoms with Gasteiger partial charge in [0.15, 0.2) is 5.76 Å². The van der Waals surface area contributed by atoms with Gasteiger partial charge in [-0.3, -0.25) is 4.79 Å². The number of aliphatic hydroxyl groups is 1. The van der Waals surface area contributed by atoms with Crippen LogP contribution in [0.3, 0.4) is 0 Å². The summed E-state index contributed by atoms with van der Waals surface area (Å²) in [5.41, 5.74) is 4.09. The quantitative estimate of drug-likeness (QED) is 0.437. The van der Waals surface area contributed by atoms with Crippen molar-refractivity contribution in [3.05, 3.63) is 95.5 Å². The maximum Gasteiger partial charge on any atom is 0.255 e. The van der Waals surface area contributed by atoms with Crippen molar-refractivity contribution < 1.29 is 14.4 Å². The van der Waals surface area contributed by atoms with Gasteiger partial charge in [-0.1, -0.05) is 23.1 Å². The molecule has 1 N–H and O–H groups in total. The molecule has 9 nitrogen and oxygen atoms in total. The number of aliphatic hydroxyl groups excluding tert-OH is 1. The van der Waals surface area contributed by atoms with Crippen LogP contribution in [0.4, 0.5) is 0 Å². The minimum Gasteiger partial charge on any atom is -0.385 e. The van der Waals surface area contributed by atoms with E-state index in [0.717, 1.165) is 22.4 Å². The molecule has 9 heteroatoms. The molecule has 5 rings (SSSR count). The standard InChI is InChI=1S/C27H24N6O3/c1-19(34)26-28-12-15-33(26)18-24-16-25(36-31-24)22-6-4-20(5-7-22)2-3-21-9-13-32(14-10-21)27(35)23-8-11-29-30-17-23/h4-9,11-12,15-17,19,34H,10,13-14,18H2,1H3/t19-/m0/s1. The number of nitrogens with zero attached hydrogens (tertiary/aromatic N) is 6. The predicted octanol–water partition coefficient (Wildman–Crippen LogP) is 3.25. The highest BCUT2D eigenvalue weighted by Gasteiger charge is 2.18. The van der Waals surface area contributed by atoms with E-state index < -0.39 is 6.10 Å². The fourth-order valence-electron chi connectivity index (χ4n) is 3.96. The Bertz CT molecular complexity index is 1440. The molecular formula is C27H24N6O3. The minimum absolute atomic E-state index is 0.0484. The Morgan fingerprint density at radius 1 is 1.17 bits per heavy atom. The summed E-state index contributed by atoms with van der Waals surface area (Å²) in [6.45, 7) is 3.28. The van der Waals surface area contributed by atoms with E-state index in [1.165, 1.54) is 12.4 Å². The molecule has 0 saturated carbocycles. The number of amides is 1. The van der Waals surface area contributed by atoms with Crippen molar-refractivity contribution in [3.63, 3.8) is 0 Å². The molecule has 0 spiro atoms. The Labute approximate surface area is 208 Å². The number of carbonyl (C=O) groups excluding carboxylic acids is 1. The highest BCUT2D eigenvalue weighted by Crippen LogP contribution is 2.22. The topological polar surface area (TPSA) is 110 Å². The Balaban J connectivity index is 1.20. The lowest BCUT2D eigenvalue weighted by Gasteiger charge is -2.24. The molecule has 1 aromatic carbocycles. The zero-order chi connectivity index (χ0) is 24.9. The molecule has 1 aliphatic rings. The molecule has 180 valence electrons. The lowest BCUT2D eigenvalue weighted by atomic mass is 10.1. The molecule has 0 unspecified atom stereocenters. The highest BCUT2D eigenvalue weighted by molar-refractivity contribution is 5.94. The number of benzene rings is 1. The number of carbonyl (C=O) groups is 1. The molecule has 1 aliphatic heterocycles. The number of aromatic nitrogens is 5. The number of rotatable bonds is 5. The van der Waals surface area contributed by atoms with Gasteiger partial charge in [-0.15, -0.1) is 0 Å². The Hall–Kier alpha value is -4.55. The van der Waals surface area contributed by atoms with Crippen molar-refractivity contribution >= 4 is 5.91 Å². The van der Waals surface area contributed by atoms with E-state index in [4.69, 9.17) is 4.52 Å². The van der Waals surface area contributed by atoms with Crippen LogP contribution in [0.1, 0.15) is 46.9 Å². The Morgan fingerprint density at radius 3 is 2.75 bits per heavy atom. The van der Waals surface area contributed by atoms with Gasteiger partial charge in [-0.25, -0.2) is 4.98 Å². The molecule has 1 amide bonds. The normalized spacial score (nSPS) is 14.1. The molecule has 0 bridgehead atoms. The summed E-state index contributed by atoms with van der Waals surface area (Å²) < 4.78 is 7.37. The second-order valence-electron chi connectivity index (χ2n) is 8.46. The molecule has 0 aliphatic carbocycles.